The lowest BCUT2D eigenvalue weighted by Gasteiger charge is -2.44. The van der Waals surface area contributed by atoms with Crippen LogP contribution in [-0.4, -0.2) is 47.6 Å². The van der Waals surface area contributed by atoms with Gasteiger partial charge in [0, 0.05) is 37.8 Å². The first kappa shape index (κ1) is 13.4. The normalized spacial score (nSPS) is 37.4. The largest absolute Gasteiger partial charge is 0.299 e. The van der Waals surface area contributed by atoms with E-state index >= 15 is 0 Å². The van der Waals surface area contributed by atoms with Crippen LogP contribution in [0.2, 0.25) is 0 Å². The Bertz CT molecular complexity index is 251. The highest BCUT2D eigenvalue weighted by Gasteiger charge is 2.40. The minimum Gasteiger partial charge on any atom is -0.299 e. The molecule has 0 amide bonds. The summed E-state index contributed by atoms with van der Waals surface area (Å²) in [6, 6.07) is 2.27. The third kappa shape index (κ3) is 2.68. The fourth-order valence-corrected chi connectivity index (χ4v) is 3.74. The second-order valence-corrected chi connectivity index (χ2v) is 6.65. The summed E-state index contributed by atoms with van der Waals surface area (Å²) in [6.45, 7) is 15.9. The second-order valence-electron chi connectivity index (χ2n) is 6.65. The highest BCUT2D eigenvalue weighted by Crippen LogP contribution is 2.34. The van der Waals surface area contributed by atoms with Gasteiger partial charge in [-0.1, -0.05) is 13.8 Å². The average molecular weight is 238 g/mol. The van der Waals surface area contributed by atoms with Gasteiger partial charge < -0.3 is 0 Å². The van der Waals surface area contributed by atoms with Crippen molar-refractivity contribution in [3.63, 3.8) is 0 Å². The lowest BCUT2D eigenvalue weighted by molar-refractivity contribution is 0.0491. The molecule has 3 fully saturated rings. The molecule has 0 radical (unpaired) electrons. The lowest BCUT2D eigenvalue weighted by Crippen LogP contribution is -2.52. The van der Waals surface area contributed by atoms with Crippen LogP contribution in [-0.2, 0) is 0 Å². The topological polar surface area (TPSA) is 6.48 Å². The van der Waals surface area contributed by atoms with Gasteiger partial charge in [0.05, 0.1) is 0 Å². The van der Waals surface area contributed by atoms with Gasteiger partial charge in [0.25, 0.3) is 0 Å². The molecule has 3 aliphatic heterocycles. The first-order valence-electron chi connectivity index (χ1n) is 7.52. The van der Waals surface area contributed by atoms with Crippen molar-refractivity contribution in [1.82, 2.24) is 9.80 Å². The monoisotopic (exact) mass is 238 g/mol. The highest BCUT2D eigenvalue weighted by molar-refractivity contribution is 4.95. The van der Waals surface area contributed by atoms with Gasteiger partial charge in [0.1, 0.15) is 0 Å². The average Bonchev–Trinajstić information content (AvgIpc) is 2.56. The van der Waals surface area contributed by atoms with E-state index in [1.165, 1.54) is 32.5 Å². The van der Waals surface area contributed by atoms with E-state index in [4.69, 9.17) is 0 Å². The molecule has 3 aliphatic rings. The van der Waals surface area contributed by atoms with Crippen LogP contribution < -0.4 is 0 Å². The van der Waals surface area contributed by atoms with Crippen molar-refractivity contribution >= 4 is 0 Å². The molecule has 4 atom stereocenters. The van der Waals surface area contributed by atoms with Gasteiger partial charge in [-0.15, -0.1) is 0 Å². The van der Waals surface area contributed by atoms with E-state index < -0.39 is 0 Å². The van der Waals surface area contributed by atoms with Gasteiger partial charge in [-0.05, 0) is 45.4 Å². The molecule has 0 spiro atoms. The molecule has 2 nitrogen and oxygen atoms in total. The summed E-state index contributed by atoms with van der Waals surface area (Å²) in [5.41, 5.74) is 0. The highest BCUT2D eigenvalue weighted by atomic mass is 15.3. The third-order valence-corrected chi connectivity index (χ3v) is 5.06. The first-order chi connectivity index (χ1) is 8.02. The zero-order valence-electron chi connectivity index (χ0n) is 12.3. The number of hydrogen-bond acceptors (Lipinski definition) is 2. The van der Waals surface area contributed by atoms with Crippen molar-refractivity contribution in [2.45, 2.75) is 65.6 Å². The Balaban J connectivity index is 2.15. The molecule has 0 aromatic heterocycles. The maximum absolute atomic E-state index is 2.81. The Morgan fingerprint density at radius 3 is 2.41 bits per heavy atom. The Morgan fingerprint density at radius 1 is 1.12 bits per heavy atom. The smallest absolute Gasteiger partial charge is 0.0251 e. The van der Waals surface area contributed by atoms with Crippen molar-refractivity contribution < 1.29 is 0 Å². The number of piperidine rings is 1. The molecule has 0 N–H and O–H groups in total. The molecule has 2 heteroatoms. The minimum atomic E-state index is 0.710. The molecule has 0 saturated carbocycles. The van der Waals surface area contributed by atoms with Crippen LogP contribution in [0.1, 0.15) is 47.5 Å². The summed E-state index contributed by atoms with van der Waals surface area (Å²) in [6.07, 6.45) is 2.73. The summed E-state index contributed by atoms with van der Waals surface area (Å²) in [7, 11) is 0. The first-order valence-corrected chi connectivity index (χ1v) is 7.52. The van der Waals surface area contributed by atoms with Crippen molar-refractivity contribution in [1.29, 1.82) is 0 Å². The van der Waals surface area contributed by atoms with E-state index in [1.54, 1.807) is 0 Å². The predicted molar refractivity (Wildman–Crippen MR) is 74.2 cm³/mol. The van der Waals surface area contributed by atoms with Crippen molar-refractivity contribution in [2.24, 2.45) is 11.8 Å². The summed E-state index contributed by atoms with van der Waals surface area (Å²) in [5, 5.41) is 0. The van der Waals surface area contributed by atoms with E-state index in [1.807, 2.05) is 0 Å². The van der Waals surface area contributed by atoms with Gasteiger partial charge in [-0.3, -0.25) is 9.80 Å². The molecule has 3 rings (SSSR count). The maximum Gasteiger partial charge on any atom is 0.0251 e. The zero-order chi connectivity index (χ0) is 12.6. The summed E-state index contributed by atoms with van der Waals surface area (Å²) in [5.74, 6) is 1.78. The molecule has 100 valence electrons. The van der Waals surface area contributed by atoms with E-state index in [-0.39, 0.29) is 0 Å². The summed E-state index contributed by atoms with van der Waals surface area (Å²) < 4.78 is 0. The second kappa shape index (κ2) is 5.27. The Labute approximate surface area is 107 Å². The predicted octanol–water partition coefficient (Wildman–Crippen LogP) is 2.84. The standard InChI is InChI=1S/C15H30N2/c1-6-13(5)17-9-14-7-12(4)15(17)10-16(8-14)11(2)3/h11-15H,6-10H2,1-5H3. The van der Waals surface area contributed by atoms with Crippen LogP contribution in [0.15, 0.2) is 0 Å². The Kier molecular flexibility index (Phi) is 4.14. The third-order valence-electron chi connectivity index (χ3n) is 5.06. The van der Waals surface area contributed by atoms with Gasteiger partial charge in [0.2, 0.25) is 0 Å². The van der Waals surface area contributed by atoms with Gasteiger partial charge in [-0.2, -0.15) is 0 Å². The zero-order valence-corrected chi connectivity index (χ0v) is 12.3. The van der Waals surface area contributed by atoms with Crippen LogP contribution in [0.5, 0.6) is 0 Å². The number of rotatable bonds is 3. The van der Waals surface area contributed by atoms with E-state index in [9.17, 15) is 0 Å². The summed E-state index contributed by atoms with van der Waals surface area (Å²) >= 11 is 0. The van der Waals surface area contributed by atoms with Crippen LogP contribution in [0, 0.1) is 11.8 Å². The summed E-state index contributed by atoms with van der Waals surface area (Å²) in [4.78, 5) is 5.52. The van der Waals surface area contributed by atoms with Crippen LogP contribution in [0.25, 0.3) is 0 Å². The van der Waals surface area contributed by atoms with Crippen molar-refractivity contribution in [3.8, 4) is 0 Å². The Morgan fingerprint density at radius 2 is 1.82 bits per heavy atom. The van der Waals surface area contributed by atoms with Crippen LogP contribution in [0.4, 0.5) is 0 Å². The van der Waals surface area contributed by atoms with Gasteiger partial charge in [-0.25, -0.2) is 0 Å². The molecule has 17 heavy (non-hydrogen) atoms. The number of fused-ring (bicyclic) bond motifs is 4. The minimum absolute atomic E-state index is 0.710. The van der Waals surface area contributed by atoms with Gasteiger partial charge in [0.15, 0.2) is 0 Å². The van der Waals surface area contributed by atoms with E-state index in [2.05, 4.69) is 44.4 Å². The number of nitrogens with zero attached hydrogens (tertiary/aromatic N) is 2. The molecular formula is C15H30N2. The fourth-order valence-electron chi connectivity index (χ4n) is 3.74. The van der Waals surface area contributed by atoms with Crippen molar-refractivity contribution in [3.05, 3.63) is 0 Å². The quantitative estimate of drug-likeness (QED) is 0.746. The maximum atomic E-state index is 2.81. The van der Waals surface area contributed by atoms with Crippen LogP contribution >= 0.6 is 0 Å². The van der Waals surface area contributed by atoms with Crippen molar-refractivity contribution in [2.75, 3.05) is 19.6 Å². The molecule has 2 bridgehead atoms. The van der Waals surface area contributed by atoms with Gasteiger partial charge >= 0.3 is 0 Å². The molecule has 3 heterocycles. The molecule has 4 unspecified atom stereocenters. The Hall–Kier alpha value is -0.0800. The van der Waals surface area contributed by atoms with E-state index in [0.717, 1.165) is 23.9 Å². The molecule has 3 saturated heterocycles. The SMILES string of the molecule is CCC(C)N1CC2CC(C)C1CN(C(C)C)C2. The lowest BCUT2D eigenvalue weighted by atomic mass is 9.85. The fraction of sp³-hybridized carbons (Fsp3) is 1.00. The molecule has 0 aromatic carbocycles. The molecule has 0 aromatic rings. The number of hydrogen-bond donors (Lipinski definition) is 0. The van der Waals surface area contributed by atoms with Crippen LogP contribution in [0.3, 0.4) is 0 Å². The van der Waals surface area contributed by atoms with E-state index in [0.29, 0.717) is 6.04 Å². The molecular weight excluding hydrogens is 208 g/mol. The molecule has 0 aliphatic carbocycles.